The van der Waals surface area contributed by atoms with Gasteiger partial charge in [0.25, 0.3) is 5.91 Å². The van der Waals surface area contributed by atoms with Gasteiger partial charge in [-0.25, -0.2) is 4.98 Å². The minimum Gasteiger partial charge on any atom is -0.438 e. The van der Waals surface area contributed by atoms with E-state index in [4.69, 9.17) is 16.0 Å². The summed E-state index contributed by atoms with van der Waals surface area (Å²) in [6.45, 7) is 1.81. The van der Waals surface area contributed by atoms with E-state index in [-0.39, 0.29) is 11.9 Å². The molecule has 0 saturated carbocycles. The van der Waals surface area contributed by atoms with Crippen LogP contribution in [0.1, 0.15) is 29.2 Å². The van der Waals surface area contributed by atoms with E-state index < -0.39 is 0 Å². The first-order valence-electron chi connectivity index (χ1n) is 6.66. The summed E-state index contributed by atoms with van der Waals surface area (Å²) >= 11 is 9.39. The molecule has 0 bridgehead atoms. The number of para-hydroxylation sites is 2. The molecule has 22 heavy (non-hydrogen) atoms. The Balaban J connectivity index is 1.82. The number of nitrogens with zero attached hydrogens (tertiary/aromatic N) is 1. The molecule has 1 N–H and O–H groups in total. The van der Waals surface area contributed by atoms with Crippen molar-refractivity contribution in [2.24, 2.45) is 0 Å². The number of oxazole rings is 1. The van der Waals surface area contributed by atoms with Gasteiger partial charge in [-0.05, 0) is 37.3 Å². The average molecular weight is 380 g/mol. The lowest BCUT2D eigenvalue weighted by atomic mass is 10.2. The summed E-state index contributed by atoms with van der Waals surface area (Å²) in [6, 6.07) is 12.2. The summed E-state index contributed by atoms with van der Waals surface area (Å²) in [5, 5.41) is 3.23. The Kier molecular flexibility index (Phi) is 4.18. The molecule has 1 atom stereocenters. The van der Waals surface area contributed by atoms with Crippen LogP contribution in [0.4, 0.5) is 0 Å². The van der Waals surface area contributed by atoms with Crippen LogP contribution in [-0.2, 0) is 0 Å². The molecule has 0 aliphatic carbocycles. The highest BCUT2D eigenvalue weighted by molar-refractivity contribution is 9.10. The van der Waals surface area contributed by atoms with Gasteiger partial charge >= 0.3 is 0 Å². The van der Waals surface area contributed by atoms with Gasteiger partial charge in [-0.15, -0.1) is 0 Å². The van der Waals surface area contributed by atoms with E-state index >= 15 is 0 Å². The second-order valence-electron chi connectivity index (χ2n) is 4.84. The van der Waals surface area contributed by atoms with E-state index in [0.717, 1.165) is 9.99 Å². The van der Waals surface area contributed by atoms with Crippen molar-refractivity contribution in [2.75, 3.05) is 0 Å². The molecule has 0 fully saturated rings. The predicted octanol–water partition coefficient (Wildman–Crippen LogP) is 4.73. The lowest BCUT2D eigenvalue weighted by Crippen LogP contribution is -2.27. The fraction of sp³-hybridized carbons (Fsp3) is 0.125. The molecule has 112 valence electrons. The zero-order valence-corrected chi connectivity index (χ0v) is 14.0. The summed E-state index contributed by atoms with van der Waals surface area (Å²) in [5.41, 5.74) is 1.86. The molecule has 3 aromatic rings. The third-order valence-electron chi connectivity index (χ3n) is 3.20. The molecule has 1 unspecified atom stereocenters. The number of rotatable bonds is 3. The fourth-order valence-corrected chi connectivity index (χ4v) is 2.65. The maximum absolute atomic E-state index is 12.3. The maximum atomic E-state index is 12.3. The Labute approximate surface area is 140 Å². The van der Waals surface area contributed by atoms with Gasteiger partial charge in [0.15, 0.2) is 5.58 Å². The third kappa shape index (κ3) is 3.00. The van der Waals surface area contributed by atoms with Crippen molar-refractivity contribution >= 4 is 44.5 Å². The van der Waals surface area contributed by atoms with Gasteiger partial charge in [0.2, 0.25) is 5.89 Å². The van der Waals surface area contributed by atoms with E-state index in [9.17, 15) is 4.79 Å². The average Bonchev–Trinajstić information content (AvgIpc) is 2.93. The van der Waals surface area contributed by atoms with Crippen LogP contribution in [0, 0.1) is 0 Å². The van der Waals surface area contributed by atoms with Crippen LogP contribution in [0.2, 0.25) is 5.02 Å². The molecule has 0 aliphatic rings. The van der Waals surface area contributed by atoms with Crippen molar-refractivity contribution in [3.8, 4) is 0 Å². The molecule has 6 heteroatoms. The van der Waals surface area contributed by atoms with E-state index in [1.54, 1.807) is 18.2 Å². The van der Waals surface area contributed by atoms with Crippen molar-refractivity contribution in [1.82, 2.24) is 10.3 Å². The highest BCUT2D eigenvalue weighted by Gasteiger charge is 2.18. The molecule has 0 radical (unpaired) electrons. The van der Waals surface area contributed by atoms with Gasteiger partial charge < -0.3 is 9.73 Å². The van der Waals surface area contributed by atoms with Crippen LogP contribution in [-0.4, -0.2) is 10.9 Å². The lowest BCUT2D eigenvalue weighted by molar-refractivity contribution is 0.0934. The van der Waals surface area contributed by atoms with E-state index in [0.29, 0.717) is 22.1 Å². The van der Waals surface area contributed by atoms with E-state index in [1.807, 2.05) is 31.2 Å². The third-order valence-corrected chi connectivity index (χ3v) is 4.02. The smallest absolute Gasteiger partial charge is 0.253 e. The molecule has 1 heterocycles. The van der Waals surface area contributed by atoms with Crippen molar-refractivity contribution in [2.45, 2.75) is 13.0 Å². The number of amides is 1. The standard InChI is InChI=1S/C16H12BrClN2O2/c1-9(16-20-13-4-2-3-5-14(13)22-16)19-15(21)11-8-10(17)6-7-12(11)18/h2-9H,1H3,(H,19,21). The van der Waals surface area contributed by atoms with Crippen molar-refractivity contribution in [1.29, 1.82) is 0 Å². The zero-order chi connectivity index (χ0) is 15.7. The second kappa shape index (κ2) is 6.10. The van der Waals surface area contributed by atoms with Crippen molar-refractivity contribution in [3.63, 3.8) is 0 Å². The summed E-state index contributed by atoms with van der Waals surface area (Å²) in [4.78, 5) is 16.7. The molecule has 1 aromatic heterocycles. The number of hydrogen-bond acceptors (Lipinski definition) is 3. The summed E-state index contributed by atoms with van der Waals surface area (Å²) < 4.78 is 6.44. The number of carbonyl (C=O) groups excluding carboxylic acids is 1. The Morgan fingerprint density at radius 1 is 1.32 bits per heavy atom. The number of aromatic nitrogens is 1. The normalized spacial score (nSPS) is 12.3. The van der Waals surface area contributed by atoms with Gasteiger partial charge in [-0.1, -0.05) is 39.7 Å². The van der Waals surface area contributed by atoms with E-state index in [1.165, 1.54) is 0 Å². The van der Waals surface area contributed by atoms with E-state index in [2.05, 4.69) is 26.2 Å². The SMILES string of the molecule is CC(NC(=O)c1cc(Br)ccc1Cl)c1nc2ccccc2o1. The Morgan fingerprint density at radius 2 is 2.09 bits per heavy atom. The summed E-state index contributed by atoms with van der Waals surface area (Å²) in [5.74, 6) is 0.182. The van der Waals surface area contributed by atoms with Gasteiger partial charge in [0.1, 0.15) is 11.6 Å². The first kappa shape index (κ1) is 15.1. The quantitative estimate of drug-likeness (QED) is 0.715. The Hall–Kier alpha value is -1.85. The zero-order valence-electron chi connectivity index (χ0n) is 11.6. The Morgan fingerprint density at radius 3 is 2.86 bits per heavy atom. The first-order valence-corrected chi connectivity index (χ1v) is 7.83. The highest BCUT2D eigenvalue weighted by atomic mass is 79.9. The summed E-state index contributed by atoms with van der Waals surface area (Å²) in [7, 11) is 0. The molecule has 0 saturated heterocycles. The molecule has 1 amide bonds. The number of nitrogens with one attached hydrogen (secondary N) is 1. The fourth-order valence-electron chi connectivity index (χ4n) is 2.08. The molecular weight excluding hydrogens is 368 g/mol. The first-order chi connectivity index (χ1) is 10.5. The van der Waals surface area contributed by atoms with Gasteiger partial charge in [0.05, 0.1) is 10.6 Å². The molecule has 2 aromatic carbocycles. The minimum atomic E-state index is -0.366. The van der Waals surface area contributed by atoms with Crippen LogP contribution < -0.4 is 5.32 Å². The molecule has 0 aliphatic heterocycles. The lowest BCUT2D eigenvalue weighted by Gasteiger charge is -2.11. The van der Waals surface area contributed by atoms with Crippen LogP contribution in [0.15, 0.2) is 51.4 Å². The largest absolute Gasteiger partial charge is 0.438 e. The Bertz CT molecular complexity index is 814. The van der Waals surface area contributed by atoms with Crippen LogP contribution >= 0.6 is 27.5 Å². The van der Waals surface area contributed by atoms with Crippen LogP contribution in [0.5, 0.6) is 0 Å². The monoisotopic (exact) mass is 378 g/mol. The maximum Gasteiger partial charge on any atom is 0.253 e. The van der Waals surface area contributed by atoms with Gasteiger partial charge in [-0.3, -0.25) is 4.79 Å². The number of halogens is 2. The number of benzene rings is 2. The van der Waals surface area contributed by atoms with Crippen LogP contribution in [0.25, 0.3) is 11.1 Å². The second-order valence-corrected chi connectivity index (χ2v) is 6.16. The topological polar surface area (TPSA) is 55.1 Å². The molecular formula is C16H12BrClN2O2. The number of fused-ring (bicyclic) bond motifs is 1. The molecule has 4 nitrogen and oxygen atoms in total. The number of carbonyl (C=O) groups is 1. The van der Waals surface area contributed by atoms with Crippen molar-refractivity contribution in [3.05, 3.63) is 63.4 Å². The summed E-state index contributed by atoms with van der Waals surface area (Å²) in [6.07, 6.45) is 0. The van der Waals surface area contributed by atoms with Gasteiger partial charge in [0, 0.05) is 4.47 Å². The van der Waals surface area contributed by atoms with Gasteiger partial charge in [-0.2, -0.15) is 0 Å². The minimum absolute atomic E-state index is 0.277. The molecule has 3 rings (SSSR count). The predicted molar refractivity (Wildman–Crippen MR) is 89.0 cm³/mol. The van der Waals surface area contributed by atoms with Crippen LogP contribution in [0.3, 0.4) is 0 Å². The highest BCUT2D eigenvalue weighted by Crippen LogP contribution is 2.23. The van der Waals surface area contributed by atoms with Crippen molar-refractivity contribution < 1.29 is 9.21 Å². The number of hydrogen-bond donors (Lipinski definition) is 1. The molecule has 0 spiro atoms.